The van der Waals surface area contributed by atoms with Crippen molar-refractivity contribution in [3.05, 3.63) is 11.5 Å². The van der Waals surface area contributed by atoms with Gasteiger partial charge in [-0.15, -0.1) is 0 Å². The molecule has 0 aliphatic carbocycles. The number of hydrogen-bond donors (Lipinski definition) is 2. The average Bonchev–Trinajstić information content (AvgIpc) is 2.60. The second-order valence-electron chi connectivity index (χ2n) is 4.62. The fourth-order valence-electron chi connectivity index (χ4n) is 1.74. The summed E-state index contributed by atoms with van der Waals surface area (Å²) in [7, 11) is 1.84. The smallest absolute Gasteiger partial charge is 0.226 e. The lowest BCUT2D eigenvalue weighted by atomic mass is 10.1. The van der Waals surface area contributed by atoms with Crippen LogP contribution in [0.1, 0.15) is 13.8 Å². The standard InChI is InChI=1S/C10H14ClN5O/c1-10(2,17)5-16(3)8-6-4-12-15-7(6)13-9(11)14-8/h4,17H,5H2,1-3H3,(H,12,13,14,15). The van der Waals surface area contributed by atoms with Crippen LogP contribution in [0.2, 0.25) is 5.28 Å². The van der Waals surface area contributed by atoms with Gasteiger partial charge < -0.3 is 10.0 Å². The summed E-state index contributed by atoms with van der Waals surface area (Å²) in [4.78, 5) is 10.0. The van der Waals surface area contributed by atoms with E-state index in [0.29, 0.717) is 18.0 Å². The number of anilines is 1. The highest BCUT2D eigenvalue weighted by molar-refractivity contribution is 6.28. The molecule has 2 heterocycles. The third-order valence-electron chi connectivity index (χ3n) is 2.25. The van der Waals surface area contributed by atoms with Crippen LogP contribution in [0.25, 0.3) is 11.0 Å². The quantitative estimate of drug-likeness (QED) is 0.807. The highest BCUT2D eigenvalue weighted by Gasteiger charge is 2.19. The maximum absolute atomic E-state index is 9.80. The van der Waals surface area contributed by atoms with E-state index in [4.69, 9.17) is 11.6 Å². The summed E-state index contributed by atoms with van der Waals surface area (Å²) in [6.07, 6.45) is 1.64. The molecule has 6 nitrogen and oxygen atoms in total. The zero-order chi connectivity index (χ0) is 12.6. The third-order valence-corrected chi connectivity index (χ3v) is 2.42. The summed E-state index contributed by atoms with van der Waals surface area (Å²) in [5.41, 5.74) is -0.231. The van der Waals surface area contributed by atoms with E-state index >= 15 is 0 Å². The van der Waals surface area contributed by atoms with Gasteiger partial charge in [-0.1, -0.05) is 0 Å². The maximum atomic E-state index is 9.80. The van der Waals surface area contributed by atoms with Crippen molar-refractivity contribution < 1.29 is 5.11 Å². The van der Waals surface area contributed by atoms with Crippen LogP contribution in [-0.2, 0) is 0 Å². The predicted octanol–water partition coefficient (Wildman–Crippen LogP) is 1.21. The van der Waals surface area contributed by atoms with Gasteiger partial charge in [0.25, 0.3) is 0 Å². The van der Waals surface area contributed by atoms with Gasteiger partial charge in [0.2, 0.25) is 5.28 Å². The Morgan fingerprint density at radius 3 is 2.82 bits per heavy atom. The van der Waals surface area contributed by atoms with E-state index in [1.165, 1.54) is 0 Å². The van der Waals surface area contributed by atoms with Gasteiger partial charge in [-0.2, -0.15) is 15.1 Å². The number of nitrogens with one attached hydrogen (secondary N) is 1. The summed E-state index contributed by atoms with van der Waals surface area (Å²) in [5, 5.41) is 17.4. The van der Waals surface area contributed by atoms with Crippen molar-refractivity contribution in [2.45, 2.75) is 19.4 Å². The van der Waals surface area contributed by atoms with E-state index in [0.717, 1.165) is 5.39 Å². The van der Waals surface area contributed by atoms with Gasteiger partial charge in [0, 0.05) is 13.6 Å². The molecule has 7 heteroatoms. The minimum absolute atomic E-state index is 0.152. The van der Waals surface area contributed by atoms with Crippen molar-refractivity contribution in [2.24, 2.45) is 0 Å². The molecule has 2 aromatic heterocycles. The monoisotopic (exact) mass is 255 g/mol. The summed E-state index contributed by atoms with van der Waals surface area (Å²) >= 11 is 5.84. The van der Waals surface area contributed by atoms with Crippen molar-refractivity contribution >= 4 is 28.5 Å². The second-order valence-corrected chi connectivity index (χ2v) is 4.96. The molecule has 0 spiro atoms. The Bertz CT molecular complexity index is 533. The van der Waals surface area contributed by atoms with Crippen LogP contribution < -0.4 is 4.90 Å². The number of aromatic amines is 1. The van der Waals surface area contributed by atoms with Crippen LogP contribution in [0.4, 0.5) is 5.82 Å². The van der Waals surface area contributed by atoms with Gasteiger partial charge in [0.05, 0.1) is 17.2 Å². The van der Waals surface area contributed by atoms with E-state index in [1.807, 2.05) is 11.9 Å². The summed E-state index contributed by atoms with van der Waals surface area (Å²) in [6, 6.07) is 0. The first-order valence-corrected chi connectivity index (χ1v) is 5.55. The minimum atomic E-state index is -0.817. The van der Waals surface area contributed by atoms with Crippen LogP contribution in [0.15, 0.2) is 6.20 Å². The number of hydrogen-bond acceptors (Lipinski definition) is 5. The number of fused-ring (bicyclic) bond motifs is 1. The summed E-state index contributed by atoms with van der Waals surface area (Å²) in [5.74, 6) is 0.649. The van der Waals surface area contributed by atoms with Gasteiger partial charge >= 0.3 is 0 Å². The molecule has 2 aromatic rings. The second kappa shape index (κ2) is 4.12. The maximum Gasteiger partial charge on any atom is 0.226 e. The molecule has 0 fully saturated rings. The number of rotatable bonds is 3. The number of aromatic nitrogens is 4. The van der Waals surface area contributed by atoms with E-state index in [-0.39, 0.29) is 5.28 Å². The zero-order valence-corrected chi connectivity index (χ0v) is 10.7. The molecule has 0 aromatic carbocycles. The van der Waals surface area contributed by atoms with Crippen molar-refractivity contribution in [1.29, 1.82) is 0 Å². The Hall–Kier alpha value is -1.40. The molecule has 0 radical (unpaired) electrons. The van der Waals surface area contributed by atoms with Gasteiger partial charge in [0.1, 0.15) is 5.82 Å². The van der Waals surface area contributed by atoms with Gasteiger partial charge in [-0.3, -0.25) is 5.10 Å². The van der Waals surface area contributed by atoms with E-state index in [1.54, 1.807) is 20.0 Å². The molecule has 0 saturated heterocycles. The van der Waals surface area contributed by atoms with Crippen LogP contribution in [-0.4, -0.2) is 44.5 Å². The first-order valence-electron chi connectivity index (χ1n) is 5.17. The fraction of sp³-hybridized carbons (Fsp3) is 0.500. The molecule has 0 amide bonds. The Morgan fingerprint density at radius 1 is 1.47 bits per heavy atom. The lowest BCUT2D eigenvalue weighted by molar-refractivity contribution is 0.0885. The lowest BCUT2D eigenvalue weighted by Gasteiger charge is -2.26. The summed E-state index contributed by atoms with van der Waals surface area (Å²) < 4.78 is 0. The Balaban J connectivity index is 2.43. The van der Waals surface area contributed by atoms with Crippen molar-refractivity contribution in [2.75, 3.05) is 18.5 Å². The van der Waals surface area contributed by atoms with E-state index in [2.05, 4.69) is 20.2 Å². The molecular weight excluding hydrogens is 242 g/mol. The normalized spacial score (nSPS) is 12.1. The Labute approximate surface area is 104 Å². The molecule has 0 saturated carbocycles. The number of aliphatic hydroxyl groups is 1. The molecular formula is C10H14ClN5O. The number of H-pyrrole nitrogens is 1. The fourth-order valence-corrected chi connectivity index (χ4v) is 1.90. The molecule has 2 rings (SSSR count). The number of likely N-dealkylation sites (N-methyl/N-ethyl adjacent to an activating group) is 1. The summed E-state index contributed by atoms with van der Waals surface area (Å²) in [6.45, 7) is 3.90. The van der Waals surface area contributed by atoms with Crippen molar-refractivity contribution in [3.8, 4) is 0 Å². The van der Waals surface area contributed by atoms with Gasteiger partial charge in [-0.05, 0) is 25.4 Å². The number of nitrogens with zero attached hydrogens (tertiary/aromatic N) is 4. The largest absolute Gasteiger partial charge is 0.389 e. The van der Waals surface area contributed by atoms with Gasteiger partial charge in [-0.25, -0.2) is 0 Å². The minimum Gasteiger partial charge on any atom is -0.389 e. The first kappa shape index (κ1) is 12.1. The van der Waals surface area contributed by atoms with Crippen LogP contribution in [0.3, 0.4) is 0 Å². The van der Waals surface area contributed by atoms with E-state index in [9.17, 15) is 5.11 Å². The molecule has 92 valence electrons. The molecule has 0 atom stereocenters. The Kier molecular flexibility index (Phi) is 2.92. The predicted molar refractivity (Wildman–Crippen MR) is 66.3 cm³/mol. The van der Waals surface area contributed by atoms with Crippen LogP contribution >= 0.6 is 11.6 Å². The molecule has 17 heavy (non-hydrogen) atoms. The first-order chi connectivity index (χ1) is 7.87. The number of halogens is 1. The highest BCUT2D eigenvalue weighted by Crippen LogP contribution is 2.23. The molecule has 0 aliphatic heterocycles. The van der Waals surface area contributed by atoms with Crippen LogP contribution in [0.5, 0.6) is 0 Å². The van der Waals surface area contributed by atoms with Crippen molar-refractivity contribution in [1.82, 2.24) is 20.2 Å². The lowest BCUT2D eigenvalue weighted by Crippen LogP contribution is -2.36. The highest BCUT2D eigenvalue weighted by atomic mass is 35.5. The van der Waals surface area contributed by atoms with Gasteiger partial charge in [0.15, 0.2) is 5.65 Å². The average molecular weight is 256 g/mol. The SMILES string of the molecule is CN(CC(C)(C)O)c1nc(Cl)nc2[nH]ncc12. The third kappa shape index (κ3) is 2.65. The molecule has 0 bridgehead atoms. The topological polar surface area (TPSA) is 77.9 Å². The Morgan fingerprint density at radius 2 is 2.18 bits per heavy atom. The zero-order valence-electron chi connectivity index (χ0n) is 9.90. The van der Waals surface area contributed by atoms with Crippen molar-refractivity contribution in [3.63, 3.8) is 0 Å². The molecule has 0 unspecified atom stereocenters. The van der Waals surface area contributed by atoms with Crippen LogP contribution in [0, 0.1) is 0 Å². The van der Waals surface area contributed by atoms with E-state index < -0.39 is 5.60 Å². The molecule has 0 aliphatic rings. The molecule has 2 N–H and O–H groups in total.